The Labute approximate surface area is 168 Å². The molecule has 146 valence electrons. The van der Waals surface area contributed by atoms with Gasteiger partial charge in [-0.25, -0.2) is 0 Å². The fraction of sp³-hybridized carbons (Fsp3) is 0.250. The van der Waals surface area contributed by atoms with Crippen LogP contribution in [0.1, 0.15) is 5.56 Å². The molecule has 0 aliphatic carbocycles. The Bertz CT molecular complexity index is 970. The average Bonchev–Trinajstić information content (AvgIpc) is 3.07. The van der Waals surface area contributed by atoms with E-state index in [1.165, 1.54) is 11.8 Å². The summed E-state index contributed by atoms with van der Waals surface area (Å²) in [5.74, 6) is 2.22. The number of methoxy groups -OCH3 is 2. The van der Waals surface area contributed by atoms with Gasteiger partial charge in [-0.1, -0.05) is 17.8 Å². The summed E-state index contributed by atoms with van der Waals surface area (Å²) in [5.41, 5.74) is 2.63. The number of anilines is 1. The number of carbonyl (C=O) groups excluding carboxylic acids is 1. The molecule has 0 saturated carbocycles. The van der Waals surface area contributed by atoms with Crippen molar-refractivity contribution in [1.82, 2.24) is 14.8 Å². The van der Waals surface area contributed by atoms with Gasteiger partial charge in [-0.2, -0.15) is 0 Å². The summed E-state index contributed by atoms with van der Waals surface area (Å²) < 4.78 is 12.3. The van der Waals surface area contributed by atoms with Crippen molar-refractivity contribution in [2.24, 2.45) is 7.05 Å². The topological polar surface area (TPSA) is 78.3 Å². The molecule has 3 rings (SSSR count). The molecule has 0 saturated heterocycles. The van der Waals surface area contributed by atoms with Crippen molar-refractivity contribution >= 4 is 23.4 Å². The van der Waals surface area contributed by atoms with Crippen LogP contribution < -0.4 is 14.8 Å². The molecule has 1 heterocycles. The van der Waals surface area contributed by atoms with Crippen LogP contribution in [0.5, 0.6) is 11.5 Å². The molecule has 28 heavy (non-hydrogen) atoms. The lowest BCUT2D eigenvalue weighted by Crippen LogP contribution is -2.15. The van der Waals surface area contributed by atoms with Gasteiger partial charge >= 0.3 is 0 Å². The Morgan fingerprint density at radius 1 is 1.11 bits per heavy atom. The van der Waals surface area contributed by atoms with Crippen LogP contribution >= 0.6 is 11.8 Å². The first kappa shape index (κ1) is 19.8. The first-order chi connectivity index (χ1) is 13.5. The van der Waals surface area contributed by atoms with Crippen LogP contribution in [0.25, 0.3) is 11.4 Å². The predicted octanol–water partition coefficient (Wildman–Crippen LogP) is 3.54. The zero-order valence-electron chi connectivity index (χ0n) is 16.2. The largest absolute Gasteiger partial charge is 0.497 e. The summed E-state index contributed by atoms with van der Waals surface area (Å²) in [7, 11) is 5.09. The number of nitrogens with one attached hydrogen (secondary N) is 1. The van der Waals surface area contributed by atoms with Crippen LogP contribution in [0.3, 0.4) is 0 Å². The number of thioether (sulfide) groups is 1. The van der Waals surface area contributed by atoms with Gasteiger partial charge in [-0.3, -0.25) is 4.79 Å². The third kappa shape index (κ3) is 4.45. The van der Waals surface area contributed by atoms with Crippen molar-refractivity contribution in [3.8, 4) is 22.9 Å². The Morgan fingerprint density at radius 2 is 1.86 bits per heavy atom. The molecule has 0 fully saturated rings. The van der Waals surface area contributed by atoms with Gasteiger partial charge in [0, 0.05) is 12.6 Å². The molecule has 1 N–H and O–H groups in total. The molecular weight excluding hydrogens is 376 g/mol. The van der Waals surface area contributed by atoms with Crippen molar-refractivity contribution in [2.75, 3.05) is 25.3 Å². The lowest BCUT2D eigenvalue weighted by atomic mass is 10.2. The number of rotatable bonds is 7. The molecule has 0 unspecified atom stereocenters. The Balaban J connectivity index is 1.66. The number of hydrogen-bond acceptors (Lipinski definition) is 6. The molecular formula is C20H22N4O3S. The van der Waals surface area contributed by atoms with E-state index in [1.807, 2.05) is 61.0 Å². The standard InChI is InChI=1S/C20H22N4O3S/c1-13-5-10-17(27-4)16(11-13)21-18(25)12-28-20-23-22-19(24(20)2)14-6-8-15(26-3)9-7-14/h5-11H,12H2,1-4H3,(H,21,25). The van der Waals surface area contributed by atoms with Crippen LogP contribution in [0, 0.1) is 6.92 Å². The Morgan fingerprint density at radius 3 is 2.54 bits per heavy atom. The van der Waals surface area contributed by atoms with Crippen LogP contribution in [-0.4, -0.2) is 40.6 Å². The van der Waals surface area contributed by atoms with Gasteiger partial charge in [0.2, 0.25) is 5.91 Å². The lowest BCUT2D eigenvalue weighted by molar-refractivity contribution is -0.113. The van der Waals surface area contributed by atoms with Gasteiger partial charge in [0.25, 0.3) is 0 Å². The maximum absolute atomic E-state index is 12.4. The van der Waals surface area contributed by atoms with E-state index >= 15 is 0 Å². The van der Waals surface area contributed by atoms with Gasteiger partial charge < -0.3 is 19.4 Å². The van der Waals surface area contributed by atoms with Gasteiger partial charge in [-0.05, 0) is 48.9 Å². The van der Waals surface area contributed by atoms with Gasteiger partial charge in [0.1, 0.15) is 11.5 Å². The number of hydrogen-bond donors (Lipinski definition) is 1. The van der Waals surface area contributed by atoms with E-state index in [1.54, 1.807) is 14.2 Å². The second-order valence-corrected chi connectivity index (χ2v) is 7.08. The Kier molecular flexibility index (Phi) is 6.20. The number of nitrogens with zero attached hydrogens (tertiary/aromatic N) is 3. The fourth-order valence-electron chi connectivity index (χ4n) is 2.67. The van der Waals surface area contributed by atoms with Gasteiger partial charge in [0.15, 0.2) is 11.0 Å². The first-order valence-corrected chi connectivity index (χ1v) is 9.61. The maximum atomic E-state index is 12.4. The zero-order chi connectivity index (χ0) is 20.1. The highest BCUT2D eigenvalue weighted by Gasteiger charge is 2.14. The average molecular weight is 398 g/mol. The van der Waals surface area contributed by atoms with Crippen molar-refractivity contribution in [1.29, 1.82) is 0 Å². The third-order valence-electron chi connectivity index (χ3n) is 4.14. The van der Waals surface area contributed by atoms with Crippen LogP contribution in [0.4, 0.5) is 5.69 Å². The minimum Gasteiger partial charge on any atom is -0.497 e. The molecule has 0 spiro atoms. The molecule has 0 bridgehead atoms. The van der Waals surface area contributed by atoms with Crippen molar-refractivity contribution in [3.63, 3.8) is 0 Å². The SMILES string of the molecule is COc1ccc(-c2nnc(SCC(=O)Nc3cc(C)ccc3OC)n2C)cc1. The summed E-state index contributed by atoms with van der Waals surface area (Å²) in [6, 6.07) is 13.2. The number of aromatic nitrogens is 3. The quantitative estimate of drug-likeness (QED) is 0.614. The van der Waals surface area contributed by atoms with E-state index in [-0.39, 0.29) is 11.7 Å². The minimum atomic E-state index is -0.136. The van der Waals surface area contributed by atoms with Gasteiger partial charge in [0.05, 0.1) is 25.7 Å². The highest BCUT2D eigenvalue weighted by Crippen LogP contribution is 2.27. The van der Waals surface area contributed by atoms with E-state index in [4.69, 9.17) is 9.47 Å². The van der Waals surface area contributed by atoms with Crippen LogP contribution in [0.15, 0.2) is 47.6 Å². The zero-order valence-corrected chi connectivity index (χ0v) is 17.0. The highest BCUT2D eigenvalue weighted by molar-refractivity contribution is 7.99. The number of carbonyl (C=O) groups is 1. The molecule has 0 atom stereocenters. The molecule has 7 nitrogen and oxygen atoms in total. The monoisotopic (exact) mass is 398 g/mol. The van der Waals surface area contributed by atoms with Crippen molar-refractivity contribution < 1.29 is 14.3 Å². The summed E-state index contributed by atoms with van der Waals surface area (Å²) in [6.45, 7) is 1.96. The lowest BCUT2D eigenvalue weighted by Gasteiger charge is -2.11. The smallest absolute Gasteiger partial charge is 0.234 e. The molecule has 0 radical (unpaired) electrons. The van der Waals surface area contributed by atoms with Crippen LogP contribution in [-0.2, 0) is 11.8 Å². The summed E-state index contributed by atoms with van der Waals surface area (Å²) in [5, 5.41) is 12.0. The normalized spacial score (nSPS) is 10.6. The summed E-state index contributed by atoms with van der Waals surface area (Å²) in [4.78, 5) is 12.4. The number of aryl methyl sites for hydroxylation is 1. The maximum Gasteiger partial charge on any atom is 0.234 e. The molecule has 1 aromatic heterocycles. The number of benzene rings is 2. The fourth-order valence-corrected chi connectivity index (χ4v) is 3.38. The van der Waals surface area contributed by atoms with E-state index in [9.17, 15) is 4.79 Å². The molecule has 3 aromatic rings. The van der Waals surface area contributed by atoms with E-state index in [0.717, 1.165) is 22.7 Å². The first-order valence-electron chi connectivity index (χ1n) is 8.63. The van der Waals surface area contributed by atoms with E-state index in [2.05, 4.69) is 15.5 Å². The number of ether oxygens (including phenoxy) is 2. The molecule has 8 heteroatoms. The second kappa shape index (κ2) is 8.79. The molecule has 2 aromatic carbocycles. The molecule has 1 amide bonds. The highest BCUT2D eigenvalue weighted by atomic mass is 32.2. The summed E-state index contributed by atoms with van der Waals surface area (Å²) in [6.07, 6.45) is 0. The van der Waals surface area contributed by atoms with Crippen LogP contribution in [0.2, 0.25) is 0 Å². The van der Waals surface area contributed by atoms with Gasteiger partial charge in [-0.15, -0.1) is 10.2 Å². The van der Waals surface area contributed by atoms with Crippen molar-refractivity contribution in [2.45, 2.75) is 12.1 Å². The predicted molar refractivity (Wildman–Crippen MR) is 110 cm³/mol. The molecule has 0 aliphatic rings. The third-order valence-corrected chi connectivity index (χ3v) is 5.16. The Hall–Kier alpha value is -3.00. The van der Waals surface area contributed by atoms with Crippen molar-refractivity contribution in [3.05, 3.63) is 48.0 Å². The number of amides is 1. The molecule has 0 aliphatic heterocycles. The van der Waals surface area contributed by atoms with E-state index < -0.39 is 0 Å². The minimum absolute atomic E-state index is 0.136. The van der Waals surface area contributed by atoms with E-state index in [0.29, 0.717) is 16.6 Å². The second-order valence-electron chi connectivity index (χ2n) is 6.13. The summed E-state index contributed by atoms with van der Waals surface area (Å²) >= 11 is 1.33.